The predicted molar refractivity (Wildman–Crippen MR) is 91.1 cm³/mol. The molecule has 2 rings (SSSR count). The summed E-state index contributed by atoms with van der Waals surface area (Å²) in [6.45, 7) is 8.51. The summed E-state index contributed by atoms with van der Waals surface area (Å²) in [6.07, 6.45) is 6.33. The molecule has 0 heterocycles. The second-order valence-corrected chi connectivity index (χ2v) is 6.56. The number of nitrogen functional groups attached to an aromatic ring is 1. The van der Waals surface area contributed by atoms with Gasteiger partial charge < -0.3 is 15.4 Å². The van der Waals surface area contributed by atoms with E-state index in [1.54, 1.807) is 0 Å². The minimum absolute atomic E-state index is 0.656. The lowest BCUT2D eigenvalue weighted by molar-refractivity contribution is 0.319. The lowest BCUT2D eigenvalue weighted by Gasteiger charge is -2.33. The van der Waals surface area contributed by atoms with Crippen LogP contribution >= 0.6 is 0 Å². The zero-order valence-electron chi connectivity index (χ0n) is 13.8. The Kier molecular flexibility index (Phi) is 5.77. The Morgan fingerprint density at radius 1 is 1.29 bits per heavy atom. The van der Waals surface area contributed by atoms with Crippen molar-refractivity contribution >= 4 is 11.4 Å². The molecule has 0 aliphatic heterocycles. The fourth-order valence-electron chi connectivity index (χ4n) is 3.11. The van der Waals surface area contributed by atoms with Gasteiger partial charge in [0.05, 0.1) is 12.3 Å². The lowest BCUT2D eigenvalue weighted by atomic mass is 10.1. The predicted octanol–water partition coefficient (Wildman–Crippen LogP) is 4.46. The molecule has 1 aliphatic rings. The molecule has 118 valence electrons. The number of benzene rings is 1. The average molecular weight is 290 g/mol. The summed E-state index contributed by atoms with van der Waals surface area (Å²) >= 11 is 0. The molecular weight excluding hydrogens is 260 g/mol. The second kappa shape index (κ2) is 7.58. The molecule has 1 aromatic carbocycles. The highest BCUT2D eigenvalue weighted by molar-refractivity contribution is 5.62. The SMILES string of the molecule is CCCOc1cc(N(CC(C)C)C2CCCC2)ccc1N. The summed E-state index contributed by atoms with van der Waals surface area (Å²) in [7, 11) is 0. The average Bonchev–Trinajstić information content (AvgIpc) is 2.98. The van der Waals surface area contributed by atoms with E-state index in [9.17, 15) is 0 Å². The van der Waals surface area contributed by atoms with Crippen LogP contribution in [0, 0.1) is 5.92 Å². The van der Waals surface area contributed by atoms with Crippen molar-refractivity contribution in [3.8, 4) is 5.75 Å². The summed E-state index contributed by atoms with van der Waals surface area (Å²) in [4.78, 5) is 2.57. The molecule has 2 N–H and O–H groups in total. The Hall–Kier alpha value is -1.38. The first-order valence-electron chi connectivity index (χ1n) is 8.40. The standard InChI is InChI=1S/C18H30N2O/c1-4-11-21-18-12-16(9-10-17(18)19)20(13-14(2)3)15-7-5-6-8-15/h9-10,12,14-15H,4-8,11,13,19H2,1-3H3. The van der Waals surface area contributed by atoms with Crippen molar-refractivity contribution in [2.75, 3.05) is 23.8 Å². The van der Waals surface area contributed by atoms with Crippen LogP contribution in [0.1, 0.15) is 52.9 Å². The third kappa shape index (κ3) is 4.29. The van der Waals surface area contributed by atoms with Gasteiger partial charge in [-0.25, -0.2) is 0 Å². The van der Waals surface area contributed by atoms with Gasteiger partial charge in [0.25, 0.3) is 0 Å². The fraction of sp³-hybridized carbons (Fsp3) is 0.667. The van der Waals surface area contributed by atoms with Crippen molar-refractivity contribution < 1.29 is 4.74 Å². The van der Waals surface area contributed by atoms with Crippen molar-refractivity contribution in [2.24, 2.45) is 5.92 Å². The van der Waals surface area contributed by atoms with Gasteiger partial charge in [0, 0.05) is 24.3 Å². The Bertz CT molecular complexity index is 439. The van der Waals surface area contributed by atoms with Crippen molar-refractivity contribution in [1.82, 2.24) is 0 Å². The molecule has 0 unspecified atom stereocenters. The molecular formula is C18H30N2O. The Labute approximate surface area is 129 Å². The van der Waals surface area contributed by atoms with Gasteiger partial charge in [0.1, 0.15) is 5.75 Å². The van der Waals surface area contributed by atoms with E-state index in [4.69, 9.17) is 10.5 Å². The van der Waals surface area contributed by atoms with Gasteiger partial charge in [-0.05, 0) is 37.3 Å². The molecule has 1 saturated carbocycles. The first-order chi connectivity index (χ1) is 10.1. The van der Waals surface area contributed by atoms with E-state index in [1.807, 2.05) is 6.07 Å². The van der Waals surface area contributed by atoms with Crippen molar-refractivity contribution in [3.05, 3.63) is 18.2 Å². The number of ether oxygens (including phenoxy) is 1. The third-order valence-electron chi connectivity index (χ3n) is 4.12. The van der Waals surface area contributed by atoms with E-state index < -0.39 is 0 Å². The van der Waals surface area contributed by atoms with Crippen LogP contribution in [0.2, 0.25) is 0 Å². The van der Waals surface area contributed by atoms with Gasteiger partial charge in [0.15, 0.2) is 0 Å². The topological polar surface area (TPSA) is 38.5 Å². The molecule has 3 nitrogen and oxygen atoms in total. The molecule has 0 bridgehead atoms. The quantitative estimate of drug-likeness (QED) is 0.753. The zero-order chi connectivity index (χ0) is 15.2. The molecule has 0 spiro atoms. The maximum absolute atomic E-state index is 6.04. The molecule has 0 aromatic heterocycles. The van der Waals surface area contributed by atoms with Crippen LogP contribution in [-0.4, -0.2) is 19.2 Å². The number of hydrogen-bond acceptors (Lipinski definition) is 3. The van der Waals surface area contributed by atoms with Gasteiger partial charge in [-0.15, -0.1) is 0 Å². The molecule has 21 heavy (non-hydrogen) atoms. The van der Waals surface area contributed by atoms with Gasteiger partial charge >= 0.3 is 0 Å². The van der Waals surface area contributed by atoms with Crippen LogP contribution in [0.25, 0.3) is 0 Å². The van der Waals surface area contributed by atoms with E-state index in [-0.39, 0.29) is 0 Å². The van der Waals surface area contributed by atoms with E-state index >= 15 is 0 Å². The summed E-state index contributed by atoms with van der Waals surface area (Å²) in [5.41, 5.74) is 8.04. The lowest BCUT2D eigenvalue weighted by Crippen LogP contribution is -2.36. The molecule has 0 saturated heterocycles. The van der Waals surface area contributed by atoms with Crippen LogP contribution in [-0.2, 0) is 0 Å². The normalized spacial score (nSPS) is 15.6. The van der Waals surface area contributed by atoms with Crippen molar-refractivity contribution in [3.63, 3.8) is 0 Å². The van der Waals surface area contributed by atoms with E-state index in [0.717, 1.165) is 31.0 Å². The monoisotopic (exact) mass is 290 g/mol. The van der Waals surface area contributed by atoms with Gasteiger partial charge in [-0.3, -0.25) is 0 Å². The Morgan fingerprint density at radius 3 is 2.62 bits per heavy atom. The summed E-state index contributed by atoms with van der Waals surface area (Å²) in [6, 6.07) is 6.94. The minimum atomic E-state index is 0.656. The number of anilines is 2. The van der Waals surface area contributed by atoms with Gasteiger partial charge in [0.2, 0.25) is 0 Å². The van der Waals surface area contributed by atoms with Crippen LogP contribution in [0.4, 0.5) is 11.4 Å². The molecule has 0 radical (unpaired) electrons. The molecule has 0 amide bonds. The molecule has 1 aromatic rings. The van der Waals surface area contributed by atoms with Crippen LogP contribution in [0.5, 0.6) is 5.75 Å². The van der Waals surface area contributed by atoms with Gasteiger partial charge in [-0.1, -0.05) is 33.6 Å². The first kappa shape index (κ1) is 16.0. The highest BCUT2D eigenvalue weighted by Gasteiger charge is 2.24. The number of rotatable bonds is 7. The number of nitrogens with two attached hydrogens (primary N) is 1. The molecule has 3 heteroatoms. The molecule has 1 fully saturated rings. The van der Waals surface area contributed by atoms with Gasteiger partial charge in [-0.2, -0.15) is 0 Å². The summed E-state index contributed by atoms with van der Waals surface area (Å²) < 4.78 is 5.79. The largest absolute Gasteiger partial charge is 0.491 e. The zero-order valence-corrected chi connectivity index (χ0v) is 13.8. The second-order valence-electron chi connectivity index (χ2n) is 6.56. The summed E-state index contributed by atoms with van der Waals surface area (Å²) in [5.74, 6) is 1.49. The molecule has 0 atom stereocenters. The van der Waals surface area contributed by atoms with Crippen LogP contribution in [0.15, 0.2) is 18.2 Å². The van der Waals surface area contributed by atoms with E-state index in [0.29, 0.717) is 12.0 Å². The van der Waals surface area contributed by atoms with Crippen LogP contribution in [0.3, 0.4) is 0 Å². The highest BCUT2D eigenvalue weighted by Crippen LogP contribution is 2.33. The maximum Gasteiger partial charge on any atom is 0.144 e. The summed E-state index contributed by atoms with van der Waals surface area (Å²) in [5, 5.41) is 0. The number of nitrogens with zero attached hydrogens (tertiary/aromatic N) is 1. The smallest absolute Gasteiger partial charge is 0.144 e. The highest BCUT2D eigenvalue weighted by atomic mass is 16.5. The fourth-order valence-corrected chi connectivity index (χ4v) is 3.11. The number of hydrogen-bond donors (Lipinski definition) is 1. The first-order valence-corrected chi connectivity index (χ1v) is 8.40. The Morgan fingerprint density at radius 2 is 2.00 bits per heavy atom. The third-order valence-corrected chi connectivity index (χ3v) is 4.12. The van der Waals surface area contributed by atoms with Crippen LogP contribution < -0.4 is 15.4 Å². The van der Waals surface area contributed by atoms with E-state index in [2.05, 4.69) is 37.8 Å². The van der Waals surface area contributed by atoms with Crippen molar-refractivity contribution in [2.45, 2.75) is 58.9 Å². The van der Waals surface area contributed by atoms with Crippen molar-refractivity contribution in [1.29, 1.82) is 0 Å². The maximum atomic E-state index is 6.04. The minimum Gasteiger partial charge on any atom is -0.491 e. The molecule has 1 aliphatic carbocycles. The Balaban J connectivity index is 2.21. The van der Waals surface area contributed by atoms with E-state index in [1.165, 1.54) is 31.4 Å².